The Morgan fingerprint density at radius 2 is 2.11 bits per heavy atom. The molecule has 0 aliphatic carbocycles. The van der Waals surface area contributed by atoms with Gasteiger partial charge in [0.25, 0.3) is 0 Å². The lowest BCUT2D eigenvalue weighted by atomic mass is 9.99. The summed E-state index contributed by atoms with van der Waals surface area (Å²) in [6.45, 7) is 9.49. The predicted molar refractivity (Wildman–Crippen MR) is 76.6 cm³/mol. The van der Waals surface area contributed by atoms with Crippen LogP contribution in [0, 0.1) is 5.92 Å². The van der Waals surface area contributed by atoms with Crippen LogP contribution in [0.1, 0.15) is 59.3 Å². The van der Waals surface area contributed by atoms with Crippen molar-refractivity contribution in [3.8, 4) is 0 Å². The SMILES string of the molecule is CCCCC(CC)CN1CCC(NCCC)C1=O. The summed E-state index contributed by atoms with van der Waals surface area (Å²) in [7, 11) is 0. The second-order valence-electron chi connectivity index (χ2n) is 5.50. The number of nitrogens with one attached hydrogen (secondary N) is 1. The van der Waals surface area contributed by atoms with E-state index in [1.165, 1.54) is 25.7 Å². The Balaban J connectivity index is 2.36. The van der Waals surface area contributed by atoms with Gasteiger partial charge in [0.2, 0.25) is 5.91 Å². The van der Waals surface area contributed by atoms with Gasteiger partial charge in [-0.15, -0.1) is 0 Å². The van der Waals surface area contributed by atoms with Gasteiger partial charge in [0.1, 0.15) is 0 Å². The number of carbonyl (C=O) groups is 1. The highest BCUT2D eigenvalue weighted by atomic mass is 16.2. The van der Waals surface area contributed by atoms with Gasteiger partial charge in [0.05, 0.1) is 6.04 Å². The minimum atomic E-state index is 0.0913. The molecule has 1 aliphatic rings. The zero-order valence-electron chi connectivity index (χ0n) is 12.4. The molecular weight excluding hydrogens is 224 g/mol. The highest BCUT2D eigenvalue weighted by Crippen LogP contribution is 2.18. The number of rotatable bonds is 9. The van der Waals surface area contributed by atoms with Crippen LogP contribution < -0.4 is 5.32 Å². The van der Waals surface area contributed by atoms with Crippen molar-refractivity contribution in [3.63, 3.8) is 0 Å². The van der Waals surface area contributed by atoms with Crippen LogP contribution >= 0.6 is 0 Å². The predicted octanol–water partition coefficient (Wildman–Crippen LogP) is 2.80. The molecule has 0 aromatic carbocycles. The number of hydrogen-bond acceptors (Lipinski definition) is 2. The van der Waals surface area contributed by atoms with Gasteiger partial charge in [-0.25, -0.2) is 0 Å². The van der Waals surface area contributed by atoms with E-state index in [1.807, 2.05) is 0 Å². The molecule has 18 heavy (non-hydrogen) atoms. The van der Waals surface area contributed by atoms with Gasteiger partial charge in [-0.3, -0.25) is 4.79 Å². The van der Waals surface area contributed by atoms with Crippen LogP contribution in [0.3, 0.4) is 0 Å². The molecule has 3 heteroatoms. The lowest BCUT2D eigenvalue weighted by Crippen LogP contribution is -2.40. The molecule has 106 valence electrons. The maximum Gasteiger partial charge on any atom is 0.239 e. The molecule has 1 saturated heterocycles. The van der Waals surface area contributed by atoms with Crippen molar-refractivity contribution < 1.29 is 4.79 Å². The molecule has 0 saturated carbocycles. The Morgan fingerprint density at radius 3 is 2.72 bits per heavy atom. The van der Waals surface area contributed by atoms with Gasteiger partial charge in [-0.2, -0.15) is 0 Å². The third-order valence-corrected chi connectivity index (χ3v) is 3.96. The van der Waals surface area contributed by atoms with E-state index in [9.17, 15) is 4.79 Å². The van der Waals surface area contributed by atoms with Crippen LogP contribution in [0.4, 0.5) is 0 Å². The largest absolute Gasteiger partial charge is 0.341 e. The minimum Gasteiger partial charge on any atom is -0.341 e. The average molecular weight is 254 g/mol. The smallest absolute Gasteiger partial charge is 0.239 e. The van der Waals surface area contributed by atoms with Crippen molar-refractivity contribution in [3.05, 3.63) is 0 Å². The summed E-state index contributed by atoms with van der Waals surface area (Å²) in [5.74, 6) is 1.03. The summed E-state index contributed by atoms with van der Waals surface area (Å²) in [5.41, 5.74) is 0. The van der Waals surface area contributed by atoms with E-state index in [4.69, 9.17) is 0 Å². The fourth-order valence-corrected chi connectivity index (χ4v) is 2.66. The molecule has 0 aromatic heterocycles. The first kappa shape index (κ1) is 15.5. The van der Waals surface area contributed by atoms with Crippen LogP contribution in [0.15, 0.2) is 0 Å². The molecule has 2 unspecified atom stereocenters. The number of carbonyl (C=O) groups excluding carboxylic acids is 1. The van der Waals surface area contributed by atoms with Gasteiger partial charge in [-0.1, -0.05) is 40.0 Å². The van der Waals surface area contributed by atoms with Crippen LogP contribution in [0.25, 0.3) is 0 Å². The van der Waals surface area contributed by atoms with Crippen LogP contribution in [-0.2, 0) is 4.79 Å². The average Bonchev–Trinajstić information content (AvgIpc) is 2.73. The molecule has 0 bridgehead atoms. The Kier molecular flexibility index (Phi) is 7.33. The van der Waals surface area contributed by atoms with Crippen molar-refractivity contribution >= 4 is 5.91 Å². The number of hydrogen-bond donors (Lipinski definition) is 1. The topological polar surface area (TPSA) is 32.3 Å². The Morgan fingerprint density at radius 1 is 1.33 bits per heavy atom. The normalized spacial score (nSPS) is 21.6. The van der Waals surface area contributed by atoms with Crippen molar-refractivity contribution in [1.29, 1.82) is 0 Å². The molecule has 1 amide bonds. The summed E-state index contributed by atoms with van der Waals surface area (Å²) in [5, 5.41) is 3.35. The van der Waals surface area contributed by atoms with Gasteiger partial charge in [-0.05, 0) is 31.7 Å². The Labute approximate surface area is 112 Å². The standard InChI is InChI=1S/C15H30N2O/c1-4-7-8-13(6-3)12-17-11-9-14(15(17)18)16-10-5-2/h13-14,16H,4-12H2,1-3H3. The van der Waals surface area contributed by atoms with Crippen molar-refractivity contribution in [2.45, 2.75) is 65.3 Å². The second kappa shape index (κ2) is 8.52. The number of amides is 1. The molecule has 3 nitrogen and oxygen atoms in total. The molecule has 1 rings (SSSR count). The van der Waals surface area contributed by atoms with Crippen molar-refractivity contribution in [1.82, 2.24) is 10.2 Å². The lowest BCUT2D eigenvalue weighted by molar-refractivity contribution is -0.130. The maximum absolute atomic E-state index is 12.2. The van der Waals surface area contributed by atoms with E-state index < -0.39 is 0 Å². The van der Waals surface area contributed by atoms with Crippen molar-refractivity contribution in [2.75, 3.05) is 19.6 Å². The number of unbranched alkanes of at least 4 members (excludes halogenated alkanes) is 1. The van der Waals surface area contributed by atoms with Crippen LogP contribution in [-0.4, -0.2) is 36.5 Å². The van der Waals surface area contributed by atoms with Crippen LogP contribution in [0.5, 0.6) is 0 Å². The molecule has 0 radical (unpaired) electrons. The summed E-state index contributed by atoms with van der Waals surface area (Å²) >= 11 is 0. The Hall–Kier alpha value is -0.570. The van der Waals surface area contributed by atoms with Gasteiger partial charge in [0, 0.05) is 13.1 Å². The fraction of sp³-hybridized carbons (Fsp3) is 0.933. The van der Waals surface area contributed by atoms with Crippen molar-refractivity contribution in [2.24, 2.45) is 5.92 Å². The van der Waals surface area contributed by atoms with E-state index in [-0.39, 0.29) is 6.04 Å². The maximum atomic E-state index is 12.2. The van der Waals surface area contributed by atoms with E-state index in [0.717, 1.165) is 32.5 Å². The summed E-state index contributed by atoms with van der Waals surface area (Å²) < 4.78 is 0. The highest BCUT2D eigenvalue weighted by molar-refractivity contribution is 5.83. The first-order chi connectivity index (χ1) is 8.72. The zero-order chi connectivity index (χ0) is 13.4. The molecular formula is C15H30N2O. The second-order valence-corrected chi connectivity index (χ2v) is 5.50. The molecule has 1 N–H and O–H groups in total. The third kappa shape index (κ3) is 4.60. The van der Waals surface area contributed by atoms with E-state index >= 15 is 0 Å². The molecule has 0 aromatic rings. The zero-order valence-corrected chi connectivity index (χ0v) is 12.4. The highest BCUT2D eigenvalue weighted by Gasteiger charge is 2.31. The summed E-state index contributed by atoms with van der Waals surface area (Å²) in [6.07, 6.45) is 7.09. The fourth-order valence-electron chi connectivity index (χ4n) is 2.66. The summed E-state index contributed by atoms with van der Waals surface area (Å²) in [4.78, 5) is 14.3. The quantitative estimate of drug-likeness (QED) is 0.686. The Bertz CT molecular complexity index is 243. The molecule has 1 aliphatic heterocycles. The first-order valence-electron chi connectivity index (χ1n) is 7.75. The van der Waals surface area contributed by atoms with Gasteiger partial charge >= 0.3 is 0 Å². The van der Waals surface area contributed by atoms with E-state index in [0.29, 0.717) is 11.8 Å². The molecule has 1 fully saturated rings. The van der Waals surface area contributed by atoms with Gasteiger partial charge in [0.15, 0.2) is 0 Å². The molecule has 1 heterocycles. The van der Waals surface area contributed by atoms with E-state index in [2.05, 4.69) is 31.0 Å². The first-order valence-corrected chi connectivity index (χ1v) is 7.75. The molecule has 2 atom stereocenters. The summed E-state index contributed by atoms with van der Waals surface area (Å²) in [6, 6.07) is 0.0913. The van der Waals surface area contributed by atoms with Crippen LogP contribution in [0.2, 0.25) is 0 Å². The van der Waals surface area contributed by atoms with E-state index in [1.54, 1.807) is 0 Å². The molecule has 0 spiro atoms. The van der Waals surface area contributed by atoms with Gasteiger partial charge < -0.3 is 10.2 Å². The monoisotopic (exact) mass is 254 g/mol. The third-order valence-electron chi connectivity index (χ3n) is 3.96. The number of nitrogens with zero attached hydrogens (tertiary/aromatic N) is 1. The number of likely N-dealkylation sites (tertiary alicyclic amines) is 1. The minimum absolute atomic E-state index is 0.0913. The lowest BCUT2D eigenvalue weighted by Gasteiger charge is -2.23.